The van der Waals surface area contributed by atoms with E-state index in [-0.39, 0.29) is 5.41 Å². The zero-order chi connectivity index (χ0) is 18.9. The summed E-state index contributed by atoms with van der Waals surface area (Å²) < 4.78 is 27.6. The van der Waals surface area contributed by atoms with Crippen LogP contribution in [0.5, 0.6) is 0 Å². The van der Waals surface area contributed by atoms with Crippen molar-refractivity contribution in [3.63, 3.8) is 0 Å². The Morgan fingerprint density at radius 3 is 2.19 bits per heavy atom. The molecule has 26 heavy (non-hydrogen) atoms. The van der Waals surface area contributed by atoms with Gasteiger partial charge in [0.15, 0.2) is 0 Å². The van der Waals surface area contributed by atoms with E-state index in [1.807, 2.05) is 19.2 Å². The van der Waals surface area contributed by atoms with E-state index in [4.69, 9.17) is 0 Å². The van der Waals surface area contributed by atoms with Crippen LogP contribution < -0.4 is 0 Å². The maximum atomic E-state index is 14.0. The van der Waals surface area contributed by atoms with Gasteiger partial charge < -0.3 is 0 Å². The summed E-state index contributed by atoms with van der Waals surface area (Å²) in [6, 6.07) is 16.5. The van der Waals surface area contributed by atoms with Crippen LogP contribution in [-0.4, -0.2) is 11.9 Å². The van der Waals surface area contributed by atoms with Gasteiger partial charge in [0.25, 0.3) is 0 Å². The van der Waals surface area contributed by atoms with E-state index >= 15 is 0 Å². The van der Waals surface area contributed by atoms with Crippen LogP contribution in [0.3, 0.4) is 0 Å². The lowest BCUT2D eigenvalue weighted by molar-refractivity contribution is 0.320. The molecule has 0 atom stereocenters. The van der Waals surface area contributed by atoms with E-state index in [2.05, 4.69) is 49.9 Å². The second-order valence-electron chi connectivity index (χ2n) is 8.02. The van der Waals surface area contributed by atoms with Crippen LogP contribution in [0.2, 0.25) is 0 Å². The van der Waals surface area contributed by atoms with Gasteiger partial charge in [-0.1, -0.05) is 63.2 Å². The zero-order valence-corrected chi connectivity index (χ0v) is 15.8. The van der Waals surface area contributed by atoms with E-state index in [1.54, 1.807) is 6.07 Å². The summed E-state index contributed by atoms with van der Waals surface area (Å²) in [6.45, 7) is 8.01. The van der Waals surface area contributed by atoms with Crippen LogP contribution in [0.4, 0.5) is 8.78 Å². The molecule has 3 rings (SSSR count). The number of halogens is 2. The molecular formula is C23H25F2N. The van der Waals surface area contributed by atoms with Crippen molar-refractivity contribution in [2.45, 2.75) is 39.3 Å². The van der Waals surface area contributed by atoms with Gasteiger partial charge in [-0.15, -0.1) is 0 Å². The highest BCUT2D eigenvalue weighted by Gasteiger charge is 2.13. The summed E-state index contributed by atoms with van der Waals surface area (Å²) in [5, 5.41) is 1.10. The maximum absolute atomic E-state index is 14.0. The predicted molar refractivity (Wildman–Crippen MR) is 104 cm³/mol. The first-order valence-electron chi connectivity index (χ1n) is 8.88. The fourth-order valence-electron chi connectivity index (χ4n) is 3.28. The third-order valence-electron chi connectivity index (χ3n) is 4.71. The average Bonchev–Trinajstić information content (AvgIpc) is 2.55. The molecule has 3 aromatic carbocycles. The number of hydrogen-bond acceptors (Lipinski definition) is 1. The molecule has 3 aromatic rings. The Labute approximate surface area is 154 Å². The van der Waals surface area contributed by atoms with Crippen molar-refractivity contribution in [3.8, 4) is 0 Å². The van der Waals surface area contributed by atoms with Gasteiger partial charge in [-0.2, -0.15) is 0 Å². The molecule has 0 aliphatic rings. The van der Waals surface area contributed by atoms with Crippen molar-refractivity contribution in [2.24, 2.45) is 0 Å². The summed E-state index contributed by atoms with van der Waals surface area (Å²) in [7, 11) is 2.02. The molecule has 0 bridgehead atoms. The van der Waals surface area contributed by atoms with Crippen molar-refractivity contribution < 1.29 is 8.78 Å². The molecule has 0 aromatic heterocycles. The number of hydrogen-bond donors (Lipinski definition) is 0. The standard InChI is InChI=1S/C23H25F2N/c1-23(2,3)18-10-8-16(9-11-18)14-26(4)15-17-6-5-7-20-21(17)12-19(24)13-22(20)25/h5-13H,14-15H2,1-4H3. The van der Waals surface area contributed by atoms with Crippen LogP contribution in [0.25, 0.3) is 10.8 Å². The van der Waals surface area contributed by atoms with Gasteiger partial charge in [-0.3, -0.25) is 4.90 Å². The predicted octanol–water partition coefficient (Wildman–Crippen LogP) is 6.05. The monoisotopic (exact) mass is 353 g/mol. The Hall–Kier alpha value is -2.26. The average molecular weight is 353 g/mol. The third kappa shape index (κ3) is 4.10. The van der Waals surface area contributed by atoms with Crippen molar-refractivity contribution >= 4 is 10.8 Å². The molecule has 0 saturated heterocycles. The molecule has 0 fully saturated rings. The largest absolute Gasteiger partial charge is 0.298 e. The van der Waals surface area contributed by atoms with Crippen molar-refractivity contribution in [2.75, 3.05) is 7.05 Å². The smallest absolute Gasteiger partial charge is 0.133 e. The fourth-order valence-corrected chi connectivity index (χ4v) is 3.28. The van der Waals surface area contributed by atoms with Gasteiger partial charge in [0.1, 0.15) is 11.6 Å². The van der Waals surface area contributed by atoms with Crippen LogP contribution in [0.1, 0.15) is 37.5 Å². The highest BCUT2D eigenvalue weighted by atomic mass is 19.1. The highest BCUT2D eigenvalue weighted by Crippen LogP contribution is 2.25. The molecular weight excluding hydrogens is 328 g/mol. The van der Waals surface area contributed by atoms with E-state index in [1.165, 1.54) is 17.2 Å². The summed E-state index contributed by atoms with van der Waals surface area (Å²) in [4.78, 5) is 2.16. The maximum Gasteiger partial charge on any atom is 0.133 e. The molecule has 0 unspecified atom stereocenters. The SMILES string of the molecule is CN(Cc1ccc(C(C)(C)C)cc1)Cc1cccc2c(F)cc(F)cc12. The molecule has 0 radical (unpaired) electrons. The second kappa shape index (κ2) is 7.16. The van der Waals surface area contributed by atoms with E-state index in [0.29, 0.717) is 17.3 Å². The Kier molecular flexibility index (Phi) is 5.10. The number of rotatable bonds is 4. The molecule has 0 amide bonds. The first kappa shape index (κ1) is 18.5. The quantitative estimate of drug-likeness (QED) is 0.552. The van der Waals surface area contributed by atoms with Crippen molar-refractivity contribution in [1.82, 2.24) is 4.90 Å². The van der Waals surface area contributed by atoms with Crippen LogP contribution in [0, 0.1) is 11.6 Å². The number of fused-ring (bicyclic) bond motifs is 1. The van der Waals surface area contributed by atoms with Gasteiger partial charge in [0.05, 0.1) is 0 Å². The Balaban J connectivity index is 1.78. The minimum atomic E-state index is -0.539. The molecule has 0 aliphatic heterocycles. The summed E-state index contributed by atoms with van der Waals surface area (Å²) >= 11 is 0. The summed E-state index contributed by atoms with van der Waals surface area (Å²) in [5.41, 5.74) is 3.60. The Bertz CT molecular complexity index is 908. The van der Waals surface area contributed by atoms with Gasteiger partial charge in [-0.05, 0) is 40.6 Å². The molecule has 0 saturated carbocycles. The third-order valence-corrected chi connectivity index (χ3v) is 4.71. The topological polar surface area (TPSA) is 3.24 Å². The number of benzene rings is 3. The van der Waals surface area contributed by atoms with E-state index < -0.39 is 11.6 Å². The lowest BCUT2D eigenvalue weighted by atomic mass is 9.87. The first-order chi connectivity index (χ1) is 12.2. The minimum Gasteiger partial charge on any atom is -0.298 e. The van der Waals surface area contributed by atoms with Crippen molar-refractivity contribution in [3.05, 3.63) is 82.9 Å². The lowest BCUT2D eigenvalue weighted by Crippen LogP contribution is -2.18. The second-order valence-corrected chi connectivity index (χ2v) is 8.02. The Morgan fingerprint density at radius 2 is 1.54 bits per heavy atom. The minimum absolute atomic E-state index is 0.140. The number of nitrogens with zero attached hydrogens (tertiary/aromatic N) is 1. The highest BCUT2D eigenvalue weighted by molar-refractivity contribution is 5.86. The van der Waals surface area contributed by atoms with Crippen molar-refractivity contribution in [1.29, 1.82) is 0 Å². The van der Waals surface area contributed by atoms with Crippen LogP contribution >= 0.6 is 0 Å². The van der Waals surface area contributed by atoms with Gasteiger partial charge >= 0.3 is 0 Å². The van der Waals surface area contributed by atoms with E-state index in [0.717, 1.165) is 18.2 Å². The summed E-state index contributed by atoms with van der Waals surface area (Å²) in [5.74, 6) is -1.05. The van der Waals surface area contributed by atoms with E-state index in [9.17, 15) is 8.78 Å². The van der Waals surface area contributed by atoms with Gasteiger partial charge in [0.2, 0.25) is 0 Å². The fraction of sp³-hybridized carbons (Fsp3) is 0.304. The van der Waals surface area contributed by atoms with Gasteiger partial charge in [-0.25, -0.2) is 8.78 Å². The summed E-state index contributed by atoms with van der Waals surface area (Å²) in [6.07, 6.45) is 0. The zero-order valence-electron chi connectivity index (χ0n) is 15.8. The van der Waals surface area contributed by atoms with Crippen LogP contribution in [-0.2, 0) is 18.5 Å². The molecule has 136 valence electrons. The molecule has 0 aliphatic carbocycles. The first-order valence-corrected chi connectivity index (χ1v) is 8.88. The molecule has 0 heterocycles. The molecule has 3 heteroatoms. The molecule has 1 nitrogen and oxygen atoms in total. The van der Waals surface area contributed by atoms with Crippen LogP contribution in [0.15, 0.2) is 54.6 Å². The lowest BCUT2D eigenvalue weighted by Gasteiger charge is -2.21. The Morgan fingerprint density at radius 1 is 0.846 bits per heavy atom. The molecule has 0 spiro atoms. The normalized spacial score (nSPS) is 12.1. The molecule has 0 N–H and O–H groups in total. The van der Waals surface area contributed by atoms with Gasteiger partial charge in [0, 0.05) is 24.5 Å².